The summed E-state index contributed by atoms with van der Waals surface area (Å²) in [4.78, 5) is 23.4. The molecule has 2 aromatic rings. The van der Waals surface area contributed by atoms with Gasteiger partial charge in [-0.1, -0.05) is 39.4 Å². The van der Waals surface area contributed by atoms with Crippen LogP contribution in [0.5, 0.6) is 0 Å². The smallest absolute Gasteiger partial charge is 0.307 e. The Morgan fingerprint density at radius 2 is 2.21 bits per heavy atom. The molecule has 0 radical (unpaired) electrons. The Kier molecular flexibility index (Phi) is 4.21. The molecular weight excluding hydrogens is 330 g/mol. The maximum atomic E-state index is 11.9. The summed E-state index contributed by atoms with van der Waals surface area (Å²) in [5, 5.41) is 8.76. The molecule has 0 aliphatic carbocycles. The van der Waals surface area contributed by atoms with E-state index in [1.54, 1.807) is 0 Å². The molecule has 0 unspecified atom stereocenters. The second kappa shape index (κ2) is 5.71. The minimum atomic E-state index is -0.907. The van der Waals surface area contributed by atoms with Crippen LogP contribution in [0.25, 0.3) is 11.3 Å². The Labute approximate surface area is 122 Å². The van der Waals surface area contributed by atoms with Gasteiger partial charge in [0.05, 0.1) is 12.1 Å². The van der Waals surface area contributed by atoms with Crippen LogP contribution in [0.4, 0.5) is 0 Å². The Balaban J connectivity index is 2.50. The van der Waals surface area contributed by atoms with Crippen molar-refractivity contribution in [2.24, 2.45) is 0 Å². The number of hydrogen-bond acceptors (Lipinski definition) is 3. The van der Waals surface area contributed by atoms with Crippen LogP contribution in [0.2, 0.25) is 0 Å². The first kappa shape index (κ1) is 14.0. The van der Waals surface area contributed by atoms with Crippen LogP contribution >= 0.6 is 27.3 Å². The topological polar surface area (TPSA) is 59.3 Å². The number of hydrogen-bond donors (Lipinski definition) is 1. The number of aryl methyl sites for hydroxylation is 1. The highest BCUT2D eigenvalue weighted by Crippen LogP contribution is 2.27. The SMILES string of the molecule is Cc1sc(=O)n(CCC(=O)O)c1-c1cccc(Br)c1. The zero-order valence-corrected chi connectivity index (χ0v) is 12.6. The molecule has 0 spiro atoms. The normalized spacial score (nSPS) is 10.6. The van der Waals surface area contributed by atoms with E-state index >= 15 is 0 Å². The number of carbonyl (C=O) groups is 1. The van der Waals surface area contributed by atoms with Gasteiger partial charge in [0.1, 0.15) is 0 Å². The predicted molar refractivity (Wildman–Crippen MR) is 78.7 cm³/mol. The van der Waals surface area contributed by atoms with E-state index in [-0.39, 0.29) is 17.8 Å². The van der Waals surface area contributed by atoms with Crippen LogP contribution in [0.1, 0.15) is 11.3 Å². The Morgan fingerprint density at radius 1 is 1.47 bits per heavy atom. The monoisotopic (exact) mass is 341 g/mol. The number of carboxylic acids is 1. The van der Waals surface area contributed by atoms with Crippen molar-refractivity contribution in [3.8, 4) is 11.3 Å². The van der Waals surface area contributed by atoms with Gasteiger partial charge in [-0.05, 0) is 19.1 Å². The van der Waals surface area contributed by atoms with E-state index in [4.69, 9.17) is 5.11 Å². The quantitative estimate of drug-likeness (QED) is 0.929. The maximum absolute atomic E-state index is 11.9. The Morgan fingerprint density at radius 3 is 2.84 bits per heavy atom. The zero-order chi connectivity index (χ0) is 14.0. The van der Waals surface area contributed by atoms with Gasteiger partial charge in [0.25, 0.3) is 0 Å². The first-order valence-corrected chi connectivity index (χ1v) is 7.28. The average Bonchev–Trinajstić information content (AvgIpc) is 2.61. The fraction of sp³-hybridized carbons (Fsp3) is 0.231. The second-order valence-electron chi connectivity index (χ2n) is 4.08. The van der Waals surface area contributed by atoms with Crippen LogP contribution in [0, 0.1) is 6.92 Å². The van der Waals surface area contributed by atoms with Crippen molar-refractivity contribution >= 4 is 33.2 Å². The summed E-state index contributed by atoms with van der Waals surface area (Å²) in [5.41, 5.74) is 1.72. The van der Waals surface area contributed by atoms with Gasteiger partial charge in [-0.3, -0.25) is 14.2 Å². The van der Waals surface area contributed by atoms with Crippen molar-refractivity contribution in [1.29, 1.82) is 0 Å². The Hall–Kier alpha value is -1.40. The van der Waals surface area contributed by atoms with Gasteiger partial charge >= 0.3 is 10.8 Å². The van der Waals surface area contributed by atoms with Gasteiger partial charge in [0, 0.05) is 21.5 Å². The lowest BCUT2D eigenvalue weighted by atomic mass is 10.1. The van der Waals surface area contributed by atoms with E-state index in [0.717, 1.165) is 31.9 Å². The molecular formula is C13H12BrNO3S. The van der Waals surface area contributed by atoms with Crippen LogP contribution in [0.3, 0.4) is 0 Å². The predicted octanol–water partition coefficient (Wildman–Crippen LogP) is 3.12. The molecule has 0 saturated heterocycles. The largest absolute Gasteiger partial charge is 0.481 e. The van der Waals surface area contributed by atoms with Crippen LogP contribution in [-0.2, 0) is 11.3 Å². The molecule has 1 aromatic heterocycles. The molecule has 0 atom stereocenters. The van der Waals surface area contributed by atoms with Gasteiger partial charge in [0.2, 0.25) is 0 Å². The van der Waals surface area contributed by atoms with E-state index in [1.165, 1.54) is 4.57 Å². The highest BCUT2D eigenvalue weighted by Gasteiger charge is 2.14. The fourth-order valence-electron chi connectivity index (χ4n) is 1.92. The summed E-state index contributed by atoms with van der Waals surface area (Å²) in [6, 6.07) is 7.63. The van der Waals surface area contributed by atoms with Gasteiger partial charge < -0.3 is 5.11 Å². The first-order valence-electron chi connectivity index (χ1n) is 5.67. The summed E-state index contributed by atoms with van der Waals surface area (Å²) in [6.45, 7) is 2.07. The lowest BCUT2D eigenvalue weighted by Crippen LogP contribution is -2.16. The van der Waals surface area contributed by atoms with Gasteiger partial charge in [-0.15, -0.1) is 0 Å². The van der Waals surface area contributed by atoms with Crippen LogP contribution in [0.15, 0.2) is 33.5 Å². The maximum Gasteiger partial charge on any atom is 0.307 e. The molecule has 0 bridgehead atoms. The molecule has 1 aromatic carbocycles. The summed E-state index contributed by atoms with van der Waals surface area (Å²) in [5.74, 6) is -0.907. The molecule has 2 rings (SSSR count). The molecule has 0 aliphatic rings. The van der Waals surface area contributed by atoms with Crippen molar-refractivity contribution < 1.29 is 9.90 Å². The molecule has 0 fully saturated rings. The number of benzene rings is 1. The van der Waals surface area contributed by atoms with E-state index in [2.05, 4.69) is 15.9 Å². The molecule has 100 valence electrons. The van der Waals surface area contributed by atoms with Crippen molar-refractivity contribution in [2.75, 3.05) is 0 Å². The van der Waals surface area contributed by atoms with E-state index < -0.39 is 5.97 Å². The summed E-state index contributed by atoms with van der Waals surface area (Å²) < 4.78 is 2.46. The number of nitrogens with zero attached hydrogens (tertiary/aromatic N) is 1. The van der Waals surface area contributed by atoms with Crippen molar-refractivity contribution in [3.05, 3.63) is 43.3 Å². The number of thiazole rings is 1. The molecule has 0 amide bonds. The van der Waals surface area contributed by atoms with Gasteiger partial charge in [-0.2, -0.15) is 0 Å². The third-order valence-corrected chi connectivity index (χ3v) is 4.10. The van der Waals surface area contributed by atoms with Crippen LogP contribution in [-0.4, -0.2) is 15.6 Å². The van der Waals surface area contributed by atoms with Gasteiger partial charge in [-0.25, -0.2) is 0 Å². The van der Waals surface area contributed by atoms with Crippen molar-refractivity contribution in [2.45, 2.75) is 19.9 Å². The van der Waals surface area contributed by atoms with Crippen molar-refractivity contribution in [1.82, 2.24) is 4.57 Å². The van der Waals surface area contributed by atoms with Crippen LogP contribution < -0.4 is 4.87 Å². The molecule has 4 nitrogen and oxygen atoms in total. The molecule has 1 N–H and O–H groups in total. The minimum Gasteiger partial charge on any atom is -0.481 e. The second-order valence-corrected chi connectivity index (χ2v) is 6.16. The summed E-state index contributed by atoms with van der Waals surface area (Å²) in [7, 11) is 0. The third-order valence-electron chi connectivity index (χ3n) is 2.71. The van der Waals surface area contributed by atoms with E-state index in [0.29, 0.717) is 0 Å². The summed E-state index contributed by atoms with van der Waals surface area (Å²) >= 11 is 4.55. The first-order chi connectivity index (χ1) is 8.99. The number of aromatic nitrogens is 1. The van der Waals surface area contributed by atoms with Crippen molar-refractivity contribution in [3.63, 3.8) is 0 Å². The van der Waals surface area contributed by atoms with Gasteiger partial charge in [0.15, 0.2) is 0 Å². The Bertz CT molecular complexity index is 675. The number of rotatable bonds is 4. The number of halogens is 1. The standard InChI is InChI=1S/C13H12BrNO3S/c1-8-12(9-3-2-4-10(14)7-9)15(13(18)19-8)6-5-11(16)17/h2-4,7H,5-6H2,1H3,(H,16,17). The lowest BCUT2D eigenvalue weighted by Gasteiger charge is -2.08. The molecule has 6 heteroatoms. The molecule has 1 heterocycles. The van der Waals surface area contributed by atoms with E-state index in [1.807, 2.05) is 31.2 Å². The van der Waals surface area contributed by atoms with E-state index in [9.17, 15) is 9.59 Å². The average molecular weight is 342 g/mol. The highest BCUT2D eigenvalue weighted by molar-refractivity contribution is 9.10. The highest BCUT2D eigenvalue weighted by atomic mass is 79.9. The molecule has 0 aliphatic heterocycles. The number of carboxylic acid groups (broad SMARTS) is 1. The molecule has 0 saturated carbocycles. The lowest BCUT2D eigenvalue weighted by molar-refractivity contribution is -0.137. The third kappa shape index (κ3) is 3.13. The fourth-order valence-corrected chi connectivity index (χ4v) is 3.20. The zero-order valence-electron chi connectivity index (χ0n) is 10.2. The minimum absolute atomic E-state index is 0.0584. The molecule has 19 heavy (non-hydrogen) atoms. The number of aliphatic carboxylic acids is 1. The summed E-state index contributed by atoms with van der Waals surface area (Å²) in [6.07, 6.45) is -0.0584.